The molecule has 0 atom stereocenters. The summed E-state index contributed by atoms with van der Waals surface area (Å²) in [6.45, 7) is 0.623. The van der Waals surface area contributed by atoms with Gasteiger partial charge in [0, 0.05) is 30.6 Å². The normalized spacial score (nSPS) is 11.8. The topological polar surface area (TPSA) is 69.2 Å². The van der Waals surface area contributed by atoms with Crippen LogP contribution >= 0.6 is 11.3 Å². The van der Waals surface area contributed by atoms with Gasteiger partial charge in [0.05, 0.1) is 5.39 Å². The van der Waals surface area contributed by atoms with E-state index in [-0.39, 0.29) is 11.3 Å². The van der Waals surface area contributed by atoms with Gasteiger partial charge in [-0.1, -0.05) is 48.5 Å². The average Bonchev–Trinajstić information content (AvgIpc) is 3.12. The molecule has 4 rings (SSSR count). The zero-order valence-corrected chi connectivity index (χ0v) is 15.4. The van der Waals surface area contributed by atoms with Crippen molar-refractivity contribution in [3.8, 4) is 0 Å². The van der Waals surface area contributed by atoms with E-state index in [1.807, 2.05) is 46.5 Å². The molecule has 2 aromatic carbocycles. The number of aryl methyl sites for hydroxylation is 1. The second-order valence-electron chi connectivity index (χ2n) is 6.04. The average molecular weight is 376 g/mol. The fourth-order valence-electron chi connectivity index (χ4n) is 2.88. The van der Waals surface area contributed by atoms with Crippen LogP contribution in [0.4, 0.5) is 0 Å². The second kappa shape index (κ2) is 7.13. The Labute approximate surface area is 158 Å². The second-order valence-corrected chi connectivity index (χ2v) is 6.91. The molecule has 2 heterocycles. The monoisotopic (exact) mass is 376 g/mol. The van der Waals surface area contributed by atoms with Crippen molar-refractivity contribution in [2.45, 2.75) is 6.54 Å². The van der Waals surface area contributed by atoms with Gasteiger partial charge in [-0.05, 0) is 11.6 Å². The molecule has 0 unspecified atom stereocenters. The van der Waals surface area contributed by atoms with Crippen molar-refractivity contribution in [2.24, 2.45) is 12.0 Å². The molecular formula is C20H16N4O2S. The molecule has 0 aliphatic carbocycles. The van der Waals surface area contributed by atoms with Crippen molar-refractivity contribution in [3.63, 3.8) is 0 Å². The van der Waals surface area contributed by atoms with Gasteiger partial charge < -0.3 is 4.57 Å². The third-order valence-electron chi connectivity index (χ3n) is 4.21. The van der Waals surface area contributed by atoms with Crippen LogP contribution < -0.4 is 10.4 Å². The number of benzene rings is 2. The lowest BCUT2D eigenvalue weighted by atomic mass is 10.1. The maximum atomic E-state index is 12.8. The van der Waals surface area contributed by atoms with E-state index in [1.165, 1.54) is 23.1 Å². The van der Waals surface area contributed by atoms with Crippen LogP contribution in [0.2, 0.25) is 0 Å². The minimum Gasteiger partial charge on any atom is -0.319 e. The fraction of sp³-hybridized carbons (Fsp3) is 0.100. The van der Waals surface area contributed by atoms with Gasteiger partial charge in [-0.2, -0.15) is 10.1 Å². The largest absolute Gasteiger partial charge is 0.319 e. The maximum Gasteiger partial charge on any atom is 0.300 e. The lowest BCUT2D eigenvalue weighted by Crippen LogP contribution is -2.24. The van der Waals surface area contributed by atoms with E-state index in [0.29, 0.717) is 22.1 Å². The lowest BCUT2D eigenvalue weighted by molar-refractivity contribution is 0.0993. The number of thiazole rings is 1. The Morgan fingerprint density at radius 1 is 1.07 bits per heavy atom. The minimum atomic E-state index is -0.467. The number of carbonyl (C=O) groups is 1. The summed E-state index contributed by atoms with van der Waals surface area (Å²) in [6, 6.07) is 16.9. The molecule has 0 fully saturated rings. The molecule has 0 aliphatic heterocycles. The van der Waals surface area contributed by atoms with E-state index in [1.54, 1.807) is 24.3 Å². The first-order chi connectivity index (χ1) is 13.1. The van der Waals surface area contributed by atoms with Gasteiger partial charge in [-0.3, -0.25) is 9.59 Å². The highest BCUT2D eigenvalue weighted by molar-refractivity contribution is 7.07. The molecule has 0 spiro atoms. The molecule has 0 radical (unpaired) electrons. The first-order valence-electron chi connectivity index (χ1n) is 8.36. The number of hydrogen-bond acceptors (Lipinski definition) is 4. The Morgan fingerprint density at radius 3 is 2.56 bits per heavy atom. The molecule has 0 saturated heterocycles. The predicted octanol–water partition coefficient (Wildman–Crippen LogP) is 2.59. The van der Waals surface area contributed by atoms with Crippen LogP contribution in [0, 0.1) is 0 Å². The zero-order chi connectivity index (χ0) is 18.8. The third kappa shape index (κ3) is 3.37. The summed E-state index contributed by atoms with van der Waals surface area (Å²) in [4.78, 5) is 29.9. The van der Waals surface area contributed by atoms with E-state index in [0.717, 1.165) is 5.56 Å². The Hall–Kier alpha value is -3.32. The van der Waals surface area contributed by atoms with Gasteiger partial charge in [0.15, 0.2) is 10.5 Å². The first-order valence-corrected chi connectivity index (χ1v) is 9.24. The number of hydrogen-bond donors (Lipinski definition) is 0. The lowest BCUT2D eigenvalue weighted by Gasteiger charge is -2.05. The third-order valence-corrected chi connectivity index (χ3v) is 5.01. The highest BCUT2D eigenvalue weighted by Gasteiger charge is 2.15. The van der Waals surface area contributed by atoms with E-state index < -0.39 is 5.91 Å². The summed E-state index contributed by atoms with van der Waals surface area (Å²) in [6.07, 6.45) is 1.90. The van der Waals surface area contributed by atoms with Crippen LogP contribution in [0.5, 0.6) is 0 Å². The molecule has 134 valence electrons. The molecule has 7 heteroatoms. The number of aromatic nitrogens is 3. The van der Waals surface area contributed by atoms with Crippen LogP contribution in [0.3, 0.4) is 0 Å². The molecule has 6 nitrogen and oxygen atoms in total. The fourth-order valence-corrected chi connectivity index (χ4v) is 3.61. The SMILES string of the molecule is Cn1nc(C(=O)N=c2sccn2Cc2ccccc2)c2ccccc2c1=O. The highest BCUT2D eigenvalue weighted by atomic mass is 32.1. The van der Waals surface area contributed by atoms with E-state index in [9.17, 15) is 9.59 Å². The number of nitrogens with zero attached hydrogens (tertiary/aromatic N) is 4. The molecule has 0 bridgehead atoms. The van der Waals surface area contributed by atoms with Crippen molar-refractivity contribution in [2.75, 3.05) is 0 Å². The minimum absolute atomic E-state index is 0.173. The van der Waals surface area contributed by atoms with Crippen LogP contribution in [-0.4, -0.2) is 20.3 Å². The molecule has 0 saturated carbocycles. The standard InChI is InChI=1S/C20H16N4O2S/c1-23-19(26)16-10-6-5-9-15(16)17(22-23)18(25)21-20-24(11-12-27-20)13-14-7-3-2-4-8-14/h2-12H,13H2,1H3. The van der Waals surface area contributed by atoms with Crippen LogP contribution in [0.15, 0.2) is 76.0 Å². The number of rotatable bonds is 3. The predicted molar refractivity (Wildman–Crippen MR) is 105 cm³/mol. The van der Waals surface area contributed by atoms with Gasteiger partial charge in [-0.15, -0.1) is 11.3 Å². The van der Waals surface area contributed by atoms with Crippen molar-refractivity contribution in [1.82, 2.24) is 14.3 Å². The van der Waals surface area contributed by atoms with Crippen molar-refractivity contribution < 1.29 is 4.79 Å². The Balaban J connectivity index is 1.78. The first kappa shape index (κ1) is 17.1. The van der Waals surface area contributed by atoms with Crippen LogP contribution in [-0.2, 0) is 13.6 Å². The van der Waals surface area contributed by atoms with E-state index in [2.05, 4.69) is 10.1 Å². The number of amides is 1. The Bertz CT molecular complexity index is 1250. The molecule has 4 aromatic rings. The van der Waals surface area contributed by atoms with Crippen molar-refractivity contribution in [3.05, 3.63) is 92.6 Å². The van der Waals surface area contributed by atoms with Crippen molar-refractivity contribution >= 4 is 28.0 Å². The summed E-state index contributed by atoms with van der Waals surface area (Å²) in [7, 11) is 1.53. The van der Waals surface area contributed by atoms with E-state index >= 15 is 0 Å². The van der Waals surface area contributed by atoms with Gasteiger partial charge in [-0.25, -0.2) is 4.68 Å². The van der Waals surface area contributed by atoms with Gasteiger partial charge in [0.25, 0.3) is 5.56 Å². The summed E-state index contributed by atoms with van der Waals surface area (Å²) >= 11 is 1.38. The maximum absolute atomic E-state index is 12.8. The number of carbonyl (C=O) groups excluding carboxylic acids is 1. The molecular weight excluding hydrogens is 360 g/mol. The highest BCUT2D eigenvalue weighted by Crippen LogP contribution is 2.14. The zero-order valence-electron chi connectivity index (χ0n) is 14.6. The molecule has 0 N–H and O–H groups in total. The smallest absolute Gasteiger partial charge is 0.300 e. The summed E-state index contributed by atoms with van der Waals surface area (Å²) in [5.74, 6) is -0.467. The summed E-state index contributed by atoms with van der Waals surface area (Å²) in [5, 5.41) is 7.01. The Morgan fingerprint density at radius 2 is 1.78 bits per heavy atom. The Kier molecular flexibility index (Phi) is 4.52. The molecule has 0 aliphatic rings. The van der Waals surface area contributed by atoms with Gasteiger partial charge >= 0.3 is 5.91 Å². The number of fused-ring (bicyclic) bond motifs is 1. The van der Waals surface area contributed by atoms with Crippen LogP contribution in [0.25, 0.3) is 10.8 Å². The van der Waals surface area contributed by atoms with Gasteiger partial charge in [0.2, 0.25) is 0 Å². The molecule has 2 aromatic heterocycles. The van der Waals surface area contributed by atoms with Crippen LogP contribution in [0.1, 0.15) is 16.1 Å². The summed E-state index contributed by atoms with van der Waals surface area (Å²) < 4.78 is 3.10. The summed E-state index contributed by atoms with van der Waals surface area (Å²) in [5.41, 5.74) is 1.06. The molecule has 1 amide bonds. The quantitative estimate of drug-likeness (QED) is 0.552. The molecule has 27 heavy (non-hydrogen) atoms. The van der Waals surface area contributed by atoms with E-state index in [4.69, 9.17) is 0 Å². The van der Waals surface area contributed by atoms with Crippen molar-refractivity contribution in [1.29, 1.82) is 0 Å². The van der Waals surface area contributed by atoms with Gasteiger partial charge in [0.1, 0.15) is 0 Å².